The molecule has 1 unspecified atom stereocenters. The van der Waals surface area contributed by atoms with E-state index in [1.165, 1.54) is 17.2 Å². The van der Waals surface area contributed by atoms with E-state index in [4.69, 9.17) is 4.42 Å². The fourth-order valence-electron chi connectivity index (χ4n) is 3.57. The lowest BCUT2D eigenvalue weighted by atomic mass is 10.1. The van der Waals surface area contributed by atoms with E-state index in [9.17, 15) is 4.79 Å². The molecule has 1 aromatic heterocycles. The Hall–Kier alpha value is -3.14. The van der Waals surface area contributed by atoms with Crippen LogP contribution in [0.1, 0.15) is 29.5 Å². The number of amides is 1. The Bertz CT molecular complexity index is 953. The van der Waals surface area contributed by atoms with Gasteiger partial charge in [-0.1, -0.05) is 42.5 Å². The fraction of sp³-hybridized carbons (Fsp3) is 0.182. The molecule has 0 spiro atoms. The molecular weight excluding hydrogens is 324 g/mol. The second-order valence-electron chi connectivity index (χ2n) is 6.39. The highest BCUT2D eigenvalue weighted by atomic mass is 16.3. The number of para-hydroxylation sites is 2. The van der Waals surface area contributed by atoms with Gasteiger partial charge in [-0.3, -0.25) is 4.79 Å². The molecule has 1 aliphatic carbocycles. The van der Waals surface area contributed by atoms with E-state index in [-0.39, 0.29) is 11.9 Å². The molecule has 0 bridgehead atoms. The molecule has 0 aliphatic heterocycles. The second kappa shape index (κ2) is 7.00. The number of aromatic nitrogens is 1. The van der Waals surface area contributed by atoms with Crippen LogP contribution in [-0.4, -0.2) is 22.3 Å². The fourth-order valence-corrected chi connectivity index (χ4v) is 3.57. The van der Waals surface area contributed by atoms with Gasteiger partial charge >= 0.3 is 0 Å². The first-order valence-corrected chi connectivity index (χ1v) is 8.79. The molecule has 0 radical (unpaired) electrons. The third-order valence-electron chi connectivity index (χ3n) is 4.77. The molecule has 4 rings (SSSR count). The molecule has 3 aromatic rings. The smallest absolute Gasteiger partial charge is 0.247 e. The van der Waals surface area contributed by atoms with Crippen molar-refractivity contribution in [3.8, 4) is 0 Å². The van der Waals surface area contributed by atoms with Gasteiger partial charge in [0.25, 0.3) is 0 Å². The minimum atomic E-state index is -0.0612. The number of fused-ring (bicyclic) bond motifs is 2. The largest absolute Gasteiger partial charge is 0.437 e. The summed E-state index contributed by atoms with van der Waals surface area (Å²) in [6, 6.07) is 16.0. The molecule has 130 valence electrons. The van der Waals surface area contributed by atoms with Gasteiger partial charge in [0, 0.05) is 18.7 Å². The SMILES string of the molecule is C=CCN(C(=O)C=Cc1nc2ccccc2o1)C1CCc2ccccc21. The molecule has 0 saturated heterocycles. The highest BCUT2D eigenvalue weighted by Crippen LogP contribution is 2.35. The van der Waals surface area contributed by atoms with Crippen LogP contribution >= 0.6 is 0 Å². The van der Waals surface area contributed by atoms with E-state index >= 15 is 0 Å². The van der Waals surface area contributed by atoms with Crippen molar-refractivity contribution in [3.05, 3.63) is 84.3 Å². The van der Waals surface area contributed by atoms with Gasteiger partial charge < -0.3 is 9.32 Å². The first-order chi connectivity index (χ1) is 12.8. The number of oxazole rings is 1. The normalized spacial score (nSPS) is 16.1. The lowest BCUT2D eigenvalue weighted by molar-refractivity contribution is -0.127. The number of carbonyl (C=O) groups excluding carboxylic acids is 1. The maximum Gasteiger partial charge on any atom is 0.247 e. The van der Waals surface area contributed by atoms with Gasteiger partial charge in [-0.2, -0.15) is 0 Å². The summed E-state index contributed by atoms with van der Waals surface area (Å²) in [4.78, 5) is 19.1. The Morgan fingerprint density at radius 1 is 1.23 bits per heavy atom. The van der Waals surface area contributed by atoms with Crippen molar-refractivity contribution in [1.82, 2.24) is 9.88 Å². The molecule has 0 fully saturated rings. The van der Waals surface area contributed by atoms with Gasteiger partial charge in [0.05, 0.1) is 6.04 Å². The number of hydrogen-bond acceptors (Lipinski definition) is 3. The quantitative estimate of drug-likeness (QED) is 0.504. The highest BCUT2D eigenvalue weighted by molar-refractivity contribution is 5.92. The van der Waals surface area contributed by atoms with Crippen LogP contribution in [0.2, 0.25) is 0 Å². The van der Waals surface area contributed by atoms with Crippen molar-refractivity contribution in [2.75, 3.05) is 6.54 Å². The van der Waals surface area contributed by atoms with E-state index in [0.29, 0.717) is 18.0 Å². The summed E-state index contributed by atoms with van der Waals surface area (Å²) in [5.41, 5.74) is 4.06. The molecule has 1 aliphatic rings. The molecule has 0 saturated carbocycles. The lowest BCUT2D eigenvalue weighted by Gasteiger charge is -2.27. The topological polar surface area (TPSA) is 46.3 Å². The Morgan fingerprint density at radius 2 is 2.04 bits per heavy atom. The highest BCUT2D eigenvalue weighted by Gasteiger charge is 2.29. The van der Waals surface area contributed by atoms with Gasteiger partial charge in [0.1, 0.15) is 5.52 Å². The third-order valence-corrected chi connectivity index (χ3v) is 4.77. The van der Waals surface area contributed by atoms with Gasteiger partial charge in [0.15, 0.2) is 5.58 Å². The van der Waals surface area contributed by atoms with E-state index < -0.39 is 0 Å². The van der Waals surface area contributed by atoms with Gasteiger partial charge in [-0.15, -0.1) is 6.58 Å². The van der Waals surface area contributed by atoms with Crippen molar-refractivity contribution >= 4 is 23.1 Å². The minimum absolute atomic E-state index is 0.0612. The predicted octanol–water partition coefficient (Wildman–Crippen LogP) is 4.54. The van der Waals surface area contributed by atoms with Gasteiger partial charge in [-0.05, 0) is 36.1 Å². The van der Waals surface area contributed by atoms with Crippen LogP contribution in [0.5, 0.6) is 0 Å². The van der Waals surface area contributed by atoms with Crippen molar-refractivity contribution in [1.29, 1.82) is 0 Å². The zero-order valence-electron chi connectivity index (χ0n) is 14.5. The number of benzene rings is 2. The molecule has 1 amide bonds. The third kappa shape index (κ3) is 3.06. The minimum Gasteiger partial charge on any atom is -0.437 e. The zero-order chi connectivity index (χ0) is 17.9. The molecule has 2 aromatic carbocycles. The summed E-state index contributed by atoms with van der Waals surface area (Å²) >= 11 is 0. The summed E-state index contributed by atoms with van der Waals surface area (Å²) in [6.07, 6.45) is 6.88. The number of carbonyl (C=O) groups is 1. The van der Waals surface area contributed by atoms with Crippen LogP contribution in [0.3, 0.4) is 0 Å². The molecule has 4 heteroatoms. The van der Waals surface area contributed by atoms with Crippen LogP contribution in [0, 0.1) is 0 Å². The first-order valence-electron chi connectivity index (χ1n) is 8.79. The molecule has 0 N–H and O–H groups in total. The molecule has 4 nitrogen and oxygen atoms in total. The zero-order valence-corrected chi connectivity index (χ0v) is 14.5. The van der Waals surface area contributed by atoms with Gasteiger partial charge in [0.2, 0.25) is 11.8 Å². The Morgan fingerprint density at radius 3 is 2.88 bits per heavy atom. The number of rotatable bonds is 5. The van der Waals surface area contributed by atoms with Crippen LogP contribution in [0.15, 0.2) is 71.7 Å². The Kier molecular flexibility index (Phi) is 4.40. The van der Waals surface area contributed by atoms with Crippen LogP contribution in [0.4, 0.5) is 0 Å². The summed E-state index contributed by atoms with van der Waals surface area (Å²) < 4.78 is 5.65. The van der Waals surface area contributed by atoms with Crippen molar-refractivity contribution in [3.63, 3.8) is 0 Å². The summed E-state index contributed by atoms with van der Waals surface area (Å²) in [6.45, 7) is 4.32. The monoisotopic (exact) mass is 344 g/mol. The van der Waals surface area contributed by atoms with E-state index in [2.05, 4.69) is 23.7 Å². The van der Waals surface area contributed by atoms with Crippen molar-refractivity contribution in [2.24, 2.45) is 0 Å². The molecular formula is C22H20N2O2. The standard InChI is InChI=1S/C22H20N2O2/c1-2-15-24(19-12-11-16-7-3-4-8-17(16)19)22(25)14-13-21-23-18-9-5-6-10-20(18)26-21/h2-10,13-14,19H,1,11-12,15H2. The van der Waals surface area contributed by atoms with Crippen LogP contribution in [0.25, 0.3) is 17.2 Å². The average Bonchev–Trinajstić information content (AvgIpc) is 3.28. The second-order valence-corrected chi connectivity index (χ2v) is 6.39. The number of aryl methyl sites for hydroxylation is 1. The number of hydrogen-bond donors (Lipinski definition) is 0. The van der Waals surface area contributed by atoms with Crippen molar-refractivity contribution < 1.29 is 9.21 Å². The van der Waals surface area contributed by atoms with Crippen LogP contribution < -0.4 is 0 Å². The summed E-state index contributed by atoms with van der Waals surface area (Å²) in [5.74, 6) is 0.374. The molecule has 1 heterocycles. The van der Waals surface area contributed by atoms with Crippen molar-refractivity contribution in [2.45, 2.75) is 18.9 Å². The molecule has 1 atom stereocenters. The predicted molar refractivity (Wildman–Crippen MR) is 102 cm³/mol. The lowest BCUT2D eigenvalue weighted by Crippen LogP contribution is -2.32. The first kappa shape index (κ1) is 16.3. The molecule has 26 heavy (non-hydrogen) atoms. The summed E-state index contributed by atoms with van der Waals surface area (Å²) in [7, 11) is 0. The summed E-state index contributed by atoms with van der Waals surface area (Å²) in [5, 5.41) is 0. The maximum atomic E-state index is 12.8. The van der Waals surface area contributed by atoms with E-state index in [0.717, 1.165) is 18.4 Å². The average molecular weight is 344 g/mol. The van der Waals surface area contributed by atoms with Crippen LogP contribution in [-0.2, 0) is 11.2 Å². The number of nitrogens with zero attached hydrogens (tertiary/aromatic N) is 2. The van der Waals surface area contributed by atoms with E-state index in [1.807, 2.05) is 41.3 Å². The Balaban J connectivity index is 1.57. The Labute approximate surface area is 152 Å². The van der Waals surface area contributed by atoms with E-state index in [1.54, 1.807) is 12.2 Å². The maximum absolute atomic E-state index is 12.8. The van der Waals surface area contributed by atoms with Gasteiger partial charge in [-0.25, -0.2) is 4.98 Å².